The average Bonchev–Trinajstić information content (AvgIpc) is 4.16. The van der Waals surface area contributed by atoms with Gasteiger partial charge in [0.15, 0.2) is 0 Å². The smallest absolute Gasteiger partial charge is 0.145 e. The maximum atomic E-state index is 5.40. The summed E-state index contributed by atoms with van der Waals surface area (Å²) in [6.07, 6.45) is 0. The summed E-state index contributed by atoms with van der Waals surface area (Å²) in [5.74, 6) is 1.82. The Morgan fingerprint density at radius 2 is 0.645 bits per heavy atom. The maximum Gasteiger partial charge on any atom is 0.145 e. The highest BCUT2D eigenvalue weighted by atomic mass is 15.1. The molecule has 2 aromatic heterocycles. The van der Waals surface area contributed by atoms with Gasteiger partial charge in [0.2, 0.25) is 0 Å². The third-order valence-electron chi connectivity index (χ3n) is 16.4. The second kappa shape index (κ2) is 17.0. The van der Waals surface area contributed by atoms with E-state index in [0.29, 0.717) is 0 Å². The molecule has 0 bridgehead atoms. The zero-order chi connectivity index (χ0) is 50.5. The molecule has 2 heterocycles. The molecule has 0 fully saturated rings. The fourth-order valence-corrected chi connectivity index (χ4v) is 12.9. The third-order valence-corrected chi connectivity index (χ3v) is 16.4. The molecule has 0 saturated carbocycles. The summed E-state index contributed by atoms with van der Waals surface area (Å²) in [4.78, 5) is 10.8. The zero-order valence-electron chi connectivity index (χ0n) is 42.2. The van der Waals surface area contributed by atoms with Crippen molar-refractivity contribution in [3.8, 4) is 78.7 Å². The Hall–Kier alpha value is -9.64. The molecule has 2 aliphatic rings. The van der Waals surface area contributed by atoms with Gasteiger partial charge in [-0.2, -0.15) is 0 Å². The van der Waals surface area contributed by atoms with Crippen molar-refractivity contribution >= 4 is 22.1 Å². The summed E-state index contributed by atoms with van der Waals surface area (Å²) in [6.45, 7) is 4.77. The van der Waals surface area contributed by atoms with Crippen LogP contribution in [0.4, 0.5) is 0 Å². The number of fused-ring (bicyclic) bond motifs is 11. The summed E-state index contributed by atoms with van der Waals surface area (Å²) < 4.78 is 4.56. The van der Waals surface area contributed by atoms with E-state index in [1.54, 1.807) is 0 Å². The molecule has 4 heteroatoms. The fourth-order valence-electron chi connectivity index (χ4n) is 12.9. The molecule has 4 nitrogen and oxygen atoms in total. The lowest BCUT2D eigenvalue weighted by molar-refractivity contribution is 0.563. The van der Waals surface area contributed by atoms with Gasteiger partial charge in [-0.05, 0) is 151 Å². The highest BCUT2D eigenvalue weighted by Crippen LogP contribution is 2.62. The van der Waals surface area contributed by atoms with Crippen molar-refractivity contribution in [3.63, 3.8) is 0 Å². The van der Waals surface area contributed by atoms with Gasteiger partial charge in [0, 0.05) is 27.9 Å². The van der Waals surface area contributed by atoms with Crippen molar-refractivity contribution in [1.82, 2.24) is 19.1 Å². The van der Waals surface area contributed by atoms with Crippen molar-refractivity contribution in [2.75, 3.05) is 0 Å². The molecule has 2 aliphatic carbocycles. The van der Waals surface area contributed by atoms with E-state index in [9.17, 15) is 0 Å². The molecular weight excluding hydrogens is 921 g/mol. The van der Waals surface area contributed by atoms with Crippen LogP contribution in [0.2, 0.25) is 0 Å². The molecule has 0 atom stereocenters. The molecule has 0 aliphatic heterocycles. The first-order chi connectivity index (χ1) is 37.4. The lowest BCUT2D eigenvalue weighted by Crippen LogP contribution is -2.40. The Balaban J connectivity index is 0.944. The maximum absolute atomic E-state index is 5.40. The van der Waals surface area contributed by atoms with E-state index in [0.717, 1.165) is 89.6 Å². The monoisotopic (exact) mass is 970 g/mol. The van der Waals surface area contributed by atoms with Gasteiger partial charge in [-0.25, -0.2) is 9.97 Å². The van der Waals surface area contributed by atoms with Crippen LogP contribution >= 0.6 is 0 Å². The van der Waals surface area contributed by atoms with Crippen LogP contribution in [-0.2, 0) is 10.8 Å². The van der Waals surface area contributed by atoms with Crippen LogP contribution in [0.3, 0.4) is 0 Å². The molecule has 0 saturated heterocycles. The number of hydrogen-bond acceptors (Lipinski definition) is 2. The summed E-state index contributed by atoms with van der Waals surface area (Å²) in [6, 6.07) is 97.5. The minimum atomic E-state index is -0.464. The fraction of sp³-hybridized carbons (Fsp3) is 0.0556. The van der Waals surface area contributed by atoms with Gasteiger partial charge in [-0.3, -0.25) is 9.13 Å². The Kier molecular flexibility index (Phi) is 9.79. The molecule has 0 N–H and O–H groups in total. The van der Waals surface area contributed by atoms with E-state index < -0.39 is 5.41 Å². The van der Waals surface area contributed by atoms with Gasteiger partial charge in [0.05, 0.1) is 27.5 Å². The summed E-state index contributed by atoms with van der Waals surface area (Å²) in [5.41, 5.74) is 25.0. The Morgan fingerprint density at radius 1 is 0.276 bits per heavy atom. The second-order valence-electron chi connectivity index (χ2n) is 20.9. The highest BCUT2D eigenvalue weighted by molar-refractivity contribution is 5.94. The van der Waals surface area contributed by atoms with Crippen LogP contribution in [-0.4, -0.2) is 19.1 Å². The number of para-hydroxylation sites is 2. The van der Waals surface area contributed by atoms with Gasteiger partial charge < -0.3 is 0 Å². The zero-order valence-corrected chi connectivity index (χ0v) is 42.2. The van der Waals surface area contributed by atoms with Crippen molar-refractivity contribution in [3.05, 3.63) is 300 Å². The summed E-state index contributed by atoms with van der Waals surface area (Å²) in [7, 11) is 0. The van der Waals surface area contributed by atoms with Crippen molar-refractivity contribution in [2.45, 2.75) is 24.7 Å². The minimum Gasteiger partial charge on any atom is -0.292 e. The topological polar surface area (TPSA) is 35.6 Å². The lowest BCUT2D eigenvalue weighted by atomic mass is 9.55. The first kappa shape index (κ1) is 43.9. The molecule has 1 spiro atoms. The number of benzene rings is 11. The van der Waals surface area contributed by atoms with E-state index in [1.165, 1.54) is 44.5 Å². The molecule has 13 aromatic rings. The van der Waals surface area contributed by atoms with E-state index in [-0.39, 0.29) is 5.41 Å². The van der Waals surface area contributed by atoms with Gasteiger partial charge in [0.25, 0.3) is 0 Å². The van der Waals surface area contributed by atoms with Gasteiger partial charge in [0.1, 0.15) is 11.6 Å². The first-order valence-corrected chi connectivity index (χ1v) is 26.3. The number of rotatable bonds is 7. The van der Waals surface area contributed by atoms with E-state index in [4.69, 9.17) is 9.97 Å². The van der Waals surface area contributed by atoms with Gasteiger partial charge >= 0.3 is 0 Å². The molecule has 358 valence electrons. The lowest BCUT2D eigenvalue weighted by Gasteiger charge is -2.46. The van der Waals surface area contributed by atoms with Crippen LogP contribution in [0.1, 0.15) is 47.2 Å². The van der Waals surface area contributed by atoms with Crippen LogP contribution in [0.5, 0.6) is 0 Å². The Morgan fingerprint density at radius 3 is 1.12 bits per heavy atom. The molecule has 0 amide bonds. The summed E-state index contributed by atoms with van der Waals surface area (Å²) >= 11 is 0. The molecule has 15 rings (SSSR count). The Labute approximate surface area is 442 Å². The predicted molar refractivity (Wildman–Crippen MR) is 312 cm³/mol. The third kappa shape index (κ3) is 6.57. The van der Waals surface area contributed by atoms with E-state index >= 15 is 0 Å². The highest BCUT2D eigenvalue weighted by Gasteiger charge is 2.53. The van der Waals surface area contributed by atoms with Crippen molar-refractivity contribution < 1.29 is 0 Å². The van der Waals surface area contributed by atoms with E-state index in [1.807, 2.05) is 0 Å². The van der Waals surface area contributed by atoms with Crippen LogP contribution < -0.4 is 0 Å². The first-order valence-electron chi connectivity index (χ1n) is 26.3. The van der Waals surface area contributed by atoms with Crippen LogP contribution in [0.25, 0.3) is 101 Å². The predicted octanol–water partition coefficient (Wildman–Crippen LogP) is 17.7. The molecular formula is C72H50N4. The summed E-state index contributed by atoms with van der Waals surface area (Å²) in [5, 5.41) is 0. The number of aromatic nitrogens is 4. The molecule has 0 unspecified atom stereocenters. The van der Waals surface area contributed by atoms with Crippen molar-refractivity contribution in [2.24, 2.45) is 0 Å². The van der Waals surface area contributed by atoms with Crippen LogP contribution in [0.15, 0.2) is 267 Å². The number of nitrogens with zero attached hydrogens (tertiary/aromatic N) is 4. The largest absolute Gasteiger partial charge is 0.292 e. The van der Waals surface area contributed by atoms with Gasteiger partial charge in [-0.1, -0.05) is 208 Å². The molecule has 0 radical (unpaired) electrons. The van der Waals surface area contributed by atoms with Gasteiger partial charge in [-0.15, -0.1) is 0 Å². The van der Waals surface area contributed by atoms with E-state index in [2.05, 4.69) is 290 Å². The number of imidazole rings is 2. The number of hydrogen-bond donors (Lipinski definition) is 0. The average molecular weight is 971 g/mol. The SMILES string of the molecule is CC1(C)c2ccccc2C2(c3ccccc3-c3cc(-c4cc(-c5ccc6c(c5)nc(-c5ccccc5)n6-c5ccccc5)cc(-c5ccc6c(c5)nc(-c5ccccc5)n6-c5ccccc5)c4)ccc32)c2ccccc21. The Bertz CT molecular complexity index is 4180. The second-order valence-corrected chi connectivity index (χ2v) is 20.9. The van der Waals surface area contributed by atoms with Crippen LogP contribution in [0, 0.1) is 0 Å². The van der Waals surface area contributed by atoms with Crippen molar-refractivity contribution in [1.29, 1.82) is 0 Å². The molecule has 76 heavy (non-hydrogen) atoms. The quantitative estimate of drug-likeness (QED) is 0.160. The molecule has 11 aromatic carbocycles. The standard InChI is InChI=1S/C72H50N4/c1-71(2)61-31-17-19-33-63(61)72(64-34-20-18-32-62(64)71)59-30-16-15-29-57(59)58-44-49(35-38-60(58)72)52-41-53(50-36-39-67-65(45-50)73-69(47-21-7-3-8-22-47)75(67)55-25-11-5-12-26-55)43-54(42-52)51-37-40-68-66(46-51)74-70(48-23-9-4-10-24-48)76(68)56-27-13-6-14-28-56/h3-46H,1-2H3. The minimum absolute atomic E-state index is 0.162. The normalized spacial score (nSPS) is 13.6.